The smallest absolute Gasteiger partial charge is 0.276 e. The molecule has 0 aliphatic heterocycles. The number of nitrogens with zero attached hydrogens (tertiary/aromatic N) is 3. The Kier molecular flexibility index (Phi) is 2.05. The van der Waals surface area contributed by atoms with E-state index in [-0.39, 0.29) is 17.1 Å². The summed E-state index contributed by atoms with van der Waals surface area (Å²) >= 11 is 4.73. The van der Waals surface area contributed by atoms with Gasteiger partial charge in [-0.1, -0.05) is 12.2 Å². The average Bonchev–Trinajstić information content (AvgIpc) is 2.57. The first-order chi connectivity index (χ1) is 6.68. The maximum Gasteiger partial charge on any atom is 0.276 e. The Hall–Kier alpha value is -1.69. The molecule has 0 atom stereocenters. The zero-order valence-corrected chi connectivity index (χ0v) is 8.07. The summed E-state index contributed by atoms with van der Waals surface area (Å²) in [5.41, 5.74) is 5.74. The van der Waals surface area contributed by atoms with Crippen LogP contribution in [-0.4, -0.2) is 19.2 Å². The number of fused-ring (bicyclic) bond motifs is 1. The van der Waals surface area contributed by atoms with E-state index in [0.29, 0.717) is 5.52 Å². The second-order valence-electron chi connectivity index (χ2n) is 2.86. The van der Waals surface area contributed by atoms with E-state index < -0.39 is 0 Å². The SMILES string of the molecule is NC(=S)Cn1ccn2nccc2c1=O. The van der Waals surface area contributed by atoms with Crippen molar-refractivity contribution in [3.63, 3.8) is 0 Å². The van der Waals surface area contributed by atoms with Gasteiger partial charge < -0.3 is 10.3 Å². The summed E-state index contributed by atoms with van der Waals surface area (Å²) < 4.78 is 2.97. The van der Waals surface area contributed by atoms with E-state index in [1.54, 1.807) is 24.7 Å². The average molecular weight is 208 g/mol. The predicted molar refractivity (Wildman–Crippen MR) is 56.2 cm³/mol. The number of hydrogen-bond acceptors (Lipinski definition) is 3. The van der Waals surface area contributed by atoms with Crippen molar-refractivity contribution in [1.29, 1.82) is 0 Å². The molecular weight excluding hydrogens is 200 g/mol. The van der Waals surface area contributed by atoms with Crippen LogP contribution in [-0.2, 0) is 6.54 Å². The minimum absolute atomic E-state index is 0.141. The highest BCUT2D eigenvalue weighted by atomic mass is 32.1. The van der Waals surface area contributed by atoms with Crippen molar-refractivity contribution < 1.29 is 0 Å². The third kappa shape index (κ3) is 1.39. The maximum atomic E-state index is 11.7. The number of nitrogens with two attached hydrogens (primary N) is 1. The van der Waals surface area contributed by atoms with Crippen LogP contribution in [0.25, 0.3) is 5.52 Å². The van der Waals surface area contributed by atoms with E-state index in [0.717, 1.165) is 0 Å². The number of hydrogen-bond donors (Lipinski definition) is 1. The molecule has 0 aliphatic carbocycles. The predicted octanol–water partition coefficient (Wildman–Crippen LogP) is -0.218. The molecule has 2 heterocycles. The molecule has 2 aromatic rings. The van der Waals surface area contributed by atoms with Crippen molar-refractivity contribution in [2.75, 3.05) is 0 Å². The molecule has 0 amide bonds. The normalized spacial score (nSPS) is 10.6. The van der Waals surface area contributed by atoms with Gasteiger partial charge in [0.1, 0.15) is 5.52 Å². The standard InChI is InChI=1S/C8H8N4OS/c9-7(14)5-11-3-4-12-6(8(11)13)1-2-10-12/h1-4H,5H2,(H2,9,14). The van der Waals surface area contributed by atoms with Crippen LogP contribution in [0.15, 0.2) is 29.5 Å². The highest BCUT2D eigenvalue weighted by Gasteiger charge is 2.02. The zero-order chi connectivity index (χ0) is 10.1. The zero-order valence-electron chi connectivity index (χ0n) is 7.25. The number of thiocarbonyl (C=S) groups is 1. The molecule has 6 heteroatoms. The van der Waals surface area contributed by atoms with E-state index in [9.17, 15) is 4.79 Å². The van der Waals surface area contributed by atoms with Crippen molar-refractivity contribution in [3.05, 3.63) is 35.0 Å². The Morgan fingerprint density at radius 2 is 2.36 bits per heavy atom. The highest BCUT2D eigenvalue weighted by Crippen LogP contribution is 1.94. The molecule has 0 saturated heterocycles. The van der Waals surface area contributed by atoms with Gasteiger partial charge in [0.05, 0.1) is 17.7 Å². The van der Waals surface area contributed by atoms with Crippen molar-refractivity contribution in [3.8, 4) is 0 Å². The molecule has 2 N–H and O–H groups in total. The maximum absolute atomic E-state index is 11.7. The van der Waals surface area contributed by atoms with E-state index in [1.165, 1.54) is 9.08 Å². The van der Waals surface area contributed by atoms with E-state index in [1.807, 2.05) is 0 Å². The Labute approximate surface area is 84.8 Å². The molecule has 0 saturated carbocycles. The van der Waals surface area contributed by atoms with Gasteiger partial charge >= 0.3 is 0 Å². The Balaban J connectivity index is 2.62. The first-order valence-electron chi connectivity index (χ1n) is 3.99. The fraction of sp³-hybridized carbons (Fsp3) is 0.125. The first kappa shape index (κ1) is 8.89. The van der Waals surface area contributed by atoms with Gasteiger partial charge in [-0.2, -0.15) is 5.10 Å². The minimum Gasteiger partial charge on any atom is -0.392 e. The fourth-order valence-electron chi connectivity index (χ4n) is 1.25. The van der Waals surface area contributed by atoms with Crippen LogP contribution >= 0.6 is 12.2 Å². The van der Waals surface area contributed by atoms with Gasteiger partial charge in [0.25, 0.3) is 5.56 Å². The molecule has 0 fully saturated rings. The summed E-state index contributed by atoms with van der Waals surface area (Å²) in [7, 11) is 0. The van der Waals surface area contributed by atoms with Crippen molar-refractivity contribution in [2.24, 2.45) is 5.73 Å². The number of rotatable bonds is 2. The van der Waals surface area contributed by atoms with E-state index in [4.69, 9.17) is 18.0 Å². The minimum atomic E-state index is -0.141. The lowest BCUT2D eigenvalue weighted by Gasteiger charge is -2.03. The van der Waals surface area contributed by atoms with Crippen LogP contribution in [0.4, 0.5) is 0 Å². The molecule has 0 radical (unpaired) electrons. The molecule has 0 aromatic carbocycles. The van der Waals surface area contributed by atoms with Crippen molar-refractivity contribution in [1.82, 2.24) is 14.2 Å². The molecule has 0 spiro atoms. The summed E-state index contributed by atoms with van der Waals surface area (Å²) in [5, 5.41) is 3.94. The third-order valence-corrected chi connectivity index (χ3v) is 1.99. The van der Waals surface area contributed by atoms with Crippen LogP contribution in [0.1, 0.15) is 0 Å². The topological polar surface area (TPSA) is 65.3 Å². The Morgan fingerprint density at radius 1 is 1.57 bits per heavy atom. The van der Waals surface area contributed by atoms with Gasteiger partial charge in [-0.25, -0.2) is 4.52 Å². The highest BCUT2D eigenvalue weighted by molar-refractivity contribution is 7.80. The fourth-order valence-corrected chi connectivity index (χ4v) is 1.39. The van der Waals surface area contributed by atoms with Gasteiger partial charge in [-0.15, -0.1) is 0 Å². The molecule has 2 aromatic heterocycles. The van der Waals surface area contributed by atoms with Crippen LogP contribution in [0.2, 0.25) is 0 Å². The van der Waals surface area contributed by atoms with Gasteiger partial charge in [0.15, 0.2) is 0 Å². The molecule has 14 heavy (non-hydrogen) atoms. The second kappa shape index (κ2) is 3.22. The van der Waals surface area contributed by atoms with Crippen LogP contribution in [0, 0.1) is 0 Å². The van der Waals surface area contributed by atoms with Gasteiger partial charge in [-0.3, -0.25) is 4.79 Å². The molecule has 0 aliphatic rings. The summed E-state index contributed by atoms with van der Waals surface area (Å²) in [6.45, 7) is 0.260. The first-order valence-corrected chi connectivity index (χ1v) is 4.40. The molecule has 5 nitrogen and oxygen atoms in total. The summed E-state index contributed by atoms with van der Waals surface area (Å²) in [4.78, 5) is 12.0. The quantitative estimate of drug-likeness (QED) is 0.693. The Bertz CT molecular complexity index is 542. The van der Waals surface area contributed by atoms with E-state index >= 15 is 0 Å². The largest absolute Gasteiger partial charge is 0.392 e. The number of aromatic nitrogens is 3. The van der Waals surface area contributed by atoms with Gasteiger partial charge in [-0.05, 0) is 6.07 Å². The Morgan fingerprint density at radius 3 is 3.07 bits per heavy atom. The van der Waals surface area contributed by atoms with Crippen molar-refractivity contribution in [2.45, 2.75) is 6.54 Å². The molecular formula is C8H8N4OS. The van der Waals surface area contributed by atoms with E-state index in [2.05, 4.69) is 5.10 Å². The third-order valence-electron chi connectivity index (χ3n) is 1.86. The second-order valence-corrected chi connectivity index (χ2v) is 3.38. The lowest BCUT2D eigenvalue weighted by molar-refractivity contribution is 0.783. The molecule has 72 valence electrons. The molecule has 0 bridgehead atoms. The van der Waals surface area contributed by atoms with Crippen LogP contribution in [0.3, 0.4) is 0 Å². The van der Waals surface area contributed by atoms with Crippen LogP contribution < -0.4 is 11.3 Å². The lowest BCUT2D eigenvalue weighted by atomic mass is 10.5. The summed E-state index contributed by atoms with van der Waals surface area (Å²) in [6, 6.07) is 1.65. The van der Waals surface area contributed by atoms with Crippen molar-refractivity contribution >= 4 is 22.7 Å². The van der Waals surface area contributed by atoms with Crippen LogP contribution in [0.5, 0.6) is 0 Å². The molecule has 2 rings (SSSR count). The summed E-state index contributed by atoms with van der Waals surface area (Å²) in [5.74, 6) is 0. The molecule has 0 unspecified atom stereocenters. The van der Waals surface area contributed by atoms with Gasteiger partial charge in [0.2, 0.25) is 0 Å². The lowest BCUT2D eigenvalue weighted by Crippen LogP contribution is -2.27. The summed E-state index contributed by atoms with van der Waals surface area (Å²) in [6.07, 6.45) is 4.87. The monoisotopic (exact) mass is 208 g/mol. The van der Waals surface area contributed by atoms with Gasteiger partial charge in [0, 0.05) is 12.4 Å².